The summed E-state index contributed by atoms with van der Waals surface area (Å²) < 4.78 is 25.5. The first kappa shape index (κ1) is 16.8. The Bertz CT molecular complexity index is 994. The highest BCUT2D eigenvalue weighted by Gasteiger charge is 2.07. The van der Waals surface area contributed by atoms with Gasteiger partial charge in [-0.15, -0.1) is 0 Å². The van der Waals surface area contributed by atoms with E-state index in [0.717, 1.165) is 10.9 Å². The third kappa shape index (κ3) is 4.30. The summed E-state index contributed by atoms with van der Waals surface area (Å²) >= 11 is 0. The number of hydrogen-bond acceptors (Lipinski definition) is 3. The molecule has 7 nitrogen and oxygen atoms in total. The Morgan fingerprint density at radius 3 is 2.32 bits per heavy atom. The van der Waals surface area contributed by atoms with Crippen LogP contribution in [0.5, 0.6) is 0 Å². The van der Waals surface area contributed by atoms with Crippen LogP contribution in [0.4, 0.5) is 21.9 Å². The van der Waals surface area contributed by atoms with Gasteiger partial charge in [0.15, 0.2) is 0 Å². The minimum absolute atomic E-state index is 0.000558. The topological polar surface area (TPSA) is 103 Å². The zero-order valence-electron chi connectivity index (χ0n) is 13.5. The molecule has 0 radical (unpaired) electrons. The van der Waals surface area contributed by atoms with Crippen molar-refractivity contribution in [1.29, 1.82) is 0 Å². The Morgan fingerprint density at radius 2 is 1.60 bits per heavy atom. The van der Waals surface area contributed by atoms with Crippen molar-refractivity contribution in [3.8, 4) is 0 Å². The molecule has 0 bridgehead atoms. The molecule has 0 unspecified atom stereocenters. The SMILES string of the molecule is CCS(=O)(=O)Nc1ccc(NC(=O)Nc2ccc3cc[nH]c3c2)cc1. The molecule has 4 N–H and O–H groups in total. The van der Waals surface area contributed by atoms with Gasteiger partial charge in [-0.1, -0.05) is 6.07 Å². The van der Waals surface area contributed by atoms with Gasteiger partial charge in [-0.25, -0.2) is 13.2 Å². The van der Waals surface area contributed by atoms with Gasteiger partial charge in [0, 0.05) is 28.8 Å². The number of H-pyrrole nitrogens is 1. The third-order valence-corrected chi connectivity index (χ3v) is 4.92. The minimum Gasteiger partial charge on any atom is -0.361 e. The molecule has 3 aromatic rings. The normalized spacial score (nSPS) is 11.2. The Morgan fingerprint density at radius 1 is 0.960 bits per heavy atom. The zero-order chi connectivity index (χ0) is 17.9. The molecule has 130 valence electrons. The number of aromatic amines is 1. The number of carbonyl (C=O) groups excluding carboxylic acids is 1. The predicted octanol–water partition coefficient (Wildman–Crippen LogP) is 3.57. The lowest BCUT2D eigenvalue weighted by molar-refractivity contribution is 0.262. The number of anilines is 3. The van der Waals surface area contributed by atoms with Gasteiger partial charge >= 0.3 is 6.03 Å². The fraction of sp³-hybridized carbons (Fsp3) is 0.118. The molecule has 0 saturated carbocycles. The predicted molar refractivity (Wildman–Crippen MR) is 100 cm³/mol. The number of aromatic nitrogens is 1. The largest absolute Gasteiger partial charge is 0.361 e. The van der Waals surface area contributed by atoms with Crippen LogP contribution in [-0.2, 0) is 10.0 Å². The second kappa shape index (κ2) is 6.86. The number of nitrogens with one attached hydrogen (secondary N) is 4. The highest BCUT2D eigenvalue weighted by molar-refractivity contribution is 7.92. The highest BCUT2D eigenvalue weighted by Crippen LogP contribution is 2.19. The van der Waals surface area contributed by atoms with E-state index in [9.17, 15) is 13.2 Å². The number of hydrogen-bond donors (Lipinski definition) is 4. The van der Waals surface area contributed by atoms with E-state index in [1.165, 1.54) is 0 Å². The van der Waals surface area contributed by atoms with Crippen molar-refractivity contribution in [3.63, 3.8) is 0 Å². The summed E-state index contributed by atoms with van der Waals surface area (Å²) in [7, 11) is -3.31. The van der Waals surface area contributed by atoms with E-state index in [0.29, 0.717) is 17.1 Å². The van der Waals surface area contributed by atoms with Crippen molar-refractivity contribution >= 4 is 44.0 Å². The summed E-state index contributed by atoms with van der Waals surface area (Å²) in [6.07, 6.45) is 1.84. The first-order valence-corrected chi connectivity index (χ1v) is 9.36. The van der Waals surface area contributed by atoms with Gasteiger partial charge in [-0.05, 0) is 54.8 Å². The number of sulfonamides is 1. The van der Waals surface area contributed by atoms with Gasteiger partial charge in [0.1, 0.15) is 0 Å². The van der Waals surface area contributed by atoms with Crippen LogP contribution in [0.2, 0.25) is 0 Å². The molecule has 0 aliphatic carbocycles. The van der Waals surface area contributed by atoms with Crippen LogP contribution in [0.1, 0.15) is 6.92 Å². The molecule has 0 aliphatic heterocycles. The summed E-state index contributed by atoms with van der Waals surface area (Å²) in [5, 5.41) is 6.52. The van der Waals surface area contributed by atoms with Crippen LogP contribution in [0.3, 0.4) is 0 Å². The van der Waals surface area contributed by atoms with Gasteiger partial charge in [0.05, 0.1) is 5.75 Å². The first-order chi connectivity index (χ1) is 11.9. The van der Waals surface area contributed by atoms with Crippen molar-refractivity contribution in [2.24, 2.45) is 0 Å². The van der Waals surface area contributed by atoms with E-state index in [2.05, 4.69) is 20.3 Å². The Hall–Kier alpha value is -3.00. The molecule has 25 heavy (non-hydrogen) atoms. The fourth-order valence-corrected chi connectivity index (χ4v) is 2.93. The molecular weight excluding hydrogens is 340 g/mol. The monoisotopic (exact) mass is 358 g/mol. The van der Waals surface area contributed by atoms with Crippen LogP contribution in [0.15, 0.2) is 54.7 Å². The molecule has 3 rings (SSSR count). The zero-order valence-corrected chi connectivity index (χ0v) is 14.4. The maximum atomic E-state index is 12.1. The van der Waals surface area contributed by atoms with E-state index in [-0.39, 0.29) is 11.8 Å². The lowest BCUT2D eigenvalue weighted by atomic mass is 10.2. The molecular formula is C17H18N4O3S. The Balaban J connectivity index is 1.62. The van der Waals surface area contributed by atoms with Crippen LogP contribution >= 0.6 is 0 Å². The standard InChI is InChI=1S/C17H18N4O3S/c1-2-25(23,24)21-14-7-5-13(6-8-14)19-17(22)20-15-4-3-12-9-10-18-16(12)11-15/h3-11,18,21H,2H2,1H3,(H2,19,20,22). The molecule has 2 aromatic carbocycles. The quantitative estimate of drug-likeness (QED) is 0.560. The fourth-order valence-electron chi connectivity index (χ4n) is 2.29. The van der Waals surface area contributed by atoms with Crippen LogP contribution in [-0.4, -0.2) is 25.2 Å². The number of fused-ring (bicyclic) bond motifs is 1. The molecule has 1 aromatic heterocycles. The third-order valence-electron chi connectivity index (χ3n) is 3.61. The van der Waals surface area contributed by atoms with Crippen LogP contribution in [0.25, 0.3) is 10.9 Å². The molecule has 0 atom stereocenters. The summed E-state index contributed by atoms with van der Waals surface area (Å²) in [4.78, 5) is 15.2. The average molecular weight is 358 g/mol. The molecule has 8 heteroatoms. The van der Waals surface area contributed by atoms with Crippen LogP contribution < -0.4 is 15.4 Å². The molecule has 0 fully saturated rings. The van der Waals surface area contributed by atoms with Gasteiger partial charge < -0.3 is 15.6 Å². The van der Waals surface area contributed by atoms with E-state index in [1.54, 1.807) is 31.2 Å². The number of rotatable bonds is 5. The summed E-state index contributed by atoms with van der Waals surface area (Å²) in [6, 6.07) is 13.6. The lowest BCUT2D eigenvalue weighted by Crippen LogP contribution is -2.19. The average Bonchev–Trinajstić information content (AvgIpc) is 3.04. The van der Waals surface area contributed by atoms with Crippen LogP contribution in [0, 0.1) is 0 Å². The number of urea groups is 1. The molecule has 1 heterocycles. The maximum Gasteiger partial charge on any atom is 0.323 e. The van der Waals surface area contributed by atoms with E-state index >= 15 is 0 Å². The van der Waals surface area contributed by atoms with Crippen molar-refractivity contribution in [1.82, 2.24) is 4.98 Å². The van der Waals surface area contributed by atoms with Crippen molar-refractivity contribution in [2.75, 3.05) is 21.1 Å². The number of amides is 2. The first-order valence-electron chi connectivity index (χ1n) is 7.71. The second-order valence-corrected chi connectivity index (χ2v) is 7.45. The van der Waals surface area contributed by atoms with Gasteiger partial charge in [-0.3, -0.25) is 4.72 Å². The summed E-state index contributed by atoms with van der Waals surface area (Å²) in [6.45, 7) is 1.56. The van der Waals surface area contributed by atoms with Gasteiger partial charge in [0.25, 0.3) is 0 Å². The molecule has 2 amide bonds. The smallest absolute Gasteiger partial charge is 0.323 e. The van der Waals surface area contributed by atoms with Crippen molar-refractivity contribution in [2.45, 2.75) is 6.92 Å². The number of benzene rings is 2. The molecule has 0 saturated heterocycles. The van der Waals surface area contributed by atoms with Gasteiger partial charge in [0.2, 0.25) is 10.0 Å². The molecule has 0 spiro atoms. The summed E-state index contributed by atoms with van der Waals surface area (Å²) in [5.41, 5.74) is 2.60. The summed E-state index contributed by atoms with van der Waals surface area (Å²) in [5.74, 6) is 0.000558. The molecule has 0 aliphatic rings. The van der Waals surface area contributed by atoms with E-state index < -0.39 is 10.0 Å². The van der Waals surface area contributed by atoms with Gasteiger partial charge in [-0.2, -0.15) is 0 Å². The Kier molecular flexibility index (Phi) is 4.62. The maximum absolute atomic E-state index is 12.1. The van der Waals surface area contributed by atoms with E-state index in [4.69, 9.17) is 0 Å². The van der Waals surface area contributed by atoms with Crippen molar-refractivity contribution in [3.05, 3.63) is 54.7 Å². The minimum atomic E-state index is -3.31. The number of carbonyl (C=O) groups is 1. The van der Waals surface area contributed by atoms with Crippen molar-refractivity contribution < 1.29 is 13.2 Å². The van der Waals surface area contributed by atoms with E-state index in [1.807, 2.05) is 30.5 Å². The highest BCUT2D eigenvalue weighted by atomic mass is 32.2. The Labute approximate surface area is 145 Å². The lowest BCUT2D eigenvalue weighted by Gasteiger charge is -2.09. The second-order valence-electron chi connectivity index (χ2n) is 5.44.